The maximum atomic E-state index is 13.0. The molecular weight excluding hydrogens is 337 g/mol. The van der Waals surface area contributed by atoms with Crippen molar-refractivity contribution in [2.75, 3.05) is 13.1 Å². The Bertz CT molecular complexity index is 762. The first-order chi connectivity index (χ1) is 11.6. The molecule has 0 aliphatic carbocycles. The number of rotatable bonds is 4. The molecule has 1 aromatic heterocycles. The average molecular weight is 352 g/mol. The van der Waals surface area contributed by atoms with Gasteiger partial charge in [-0.25, -0.2) is 4.98 Å². The summed E-state index contributed by atoms with van der Waals surface area (Å²) in [7, 11) is 0. The number of carbonyl (C=O) groups is 1. The van der Waals surface area contributed by atoms with Crippen LogP contribution in [0.2, 0.25) is 0 Å². The zero-order valence-corrected chi connectivity index (χ0v) is 13.6. The molecule has 0 N–H and O–H groups in total. The third kappa shape index (κ3) is 3.82. The Balaban J connectivity index is 2.29. The van der Waals surface area contributed by atoms with E-state index in [2.05, 4.69) is 4.98 Å². The standard InChI is InChI=1S/C16H15F3N4O2/c1-15(2)9-23(5-3-4-20)14(24)13(15)25-12-6-11(16(17,18)19)10(7-21)8-22-12/h6,8,13H,3,5,9H2,1-2H3/t13-/m0/s1. The lowest BCUT2D eigenvalue weighted by atomic mass is 9.89. The molecule has 132 valence electrons. The molecule has 0 spiro atoms. The summed E-state index contributed by atoms with van der Waals surface area (Å²) in [5, 5.41) is 17.4. The van der Waals surface area contributed by atoms with Gasteiger partial charge in [0.05, 0.1) is 23.6 Å². The maximum Gasteiger partial charge on any atom is 0.417 e. The Morgan fingerprint density at radius 1 is 1.44 bits per heavy atom. The van der Waals surface area contributed by atoms with Crippen LogP contribution in [0.25, 0.3) is 0 Å². The number of pyridine rings is 1. The number of ether oxygens (including phenoxy) is 1. The summed E-state index contributed by atoms with van der Waals surface area (Å²) in [5.41, 5.74) is -2.45. The Kier molecular flexibility index (Phi) is 4.89. The molecule has 6 nitrogen and oxygen atoms in total. The van der Waals surface area contributed by atoms with Gasteiger partial charge in [0.1, 0.15) is 6.07 Å². The highest BCUT2D eigenvalue weighted by molar-refractivity contribution is 5.84. The predicted molar refractivity (Wildman–Crippen MR) is 79.0 cm³/mol. The molecule has 1 aliphatic heterocycles. The van der Waals surface area contributed by atoms with Crippen LogP contribution in [0, 0.1) is 28.1 Å². The van der Waals surface area contributed by atoms with Gasteiger partial charge in [-0.1, -0.05) is 13.8 Å². The van der Waals surface area contributed by atoms with Gasteiger partial charge in [0.15, 0.2) is 6.10 Å². The van der Waals surface area contributed by atoms with Crippen LogP contribution in [-0.2, 0) is 11.0 Å². The number of aromatic nitrogens is 1. The van der Waals surface area contributed by atoms with E-state index < -0.39 is 34.7 Å². The lowest BCUT2D eigenvalue weighted by Gasteiger charge is -2.24. The van der Waals surface area contributed by atoms with Crippen LogP contribution in [-0.4, -0.2) is 35.0 Å². The van der Waals surface area contributed by atoms with Gasteiger partial charge >= 0.3 is 6.18 Å². The second kappa shape index (κ2) is 6.60. The van der Waals surface area contributed by atoms with Gasteiger partial charge in [-0.3, -0.25) is 4.79 Å². The zero-order valence-electron chi connectivity index (χ0n) is 13.6. The Hall–Kier alpha value is -2.81. The lowest BCUT2D eigenvalue weighted by Crippen LogP contribution is -2.37. The van der Waals surface area contributed by atoms with E-state index in [1.165, 1.54) is 11.0 Å². The second-order valence-corrected chi connectivity index (χ2v) is 6.33. The van der Waals surface area contributed by atoms with Crippen LogP contribution >= 0.6 is 0 Å². The first kappa shape index (κ1) is 18.5. The van der Waals surface area contributed by atoms with Crippen molar-refractivity contribution < 1.29 is 22.7 Å². The zero-order chi connectivity index (χ0) is 18.8. The Morgan fingerprint density at radius 2 is 2.12 bits per heavy atom. The van der Waals surface area contributed by atoms with E-state index in [0.29, 0.717) is 12.6 Å². The first-order valence-corrected chi connectivity index (χ1v) is 7.40. The number of hydrogen-bond acceptors (Lipinski definition) is 5. The number of nitrogens with zero attached hydrogens (tertiary/aromatic N) is 4. The average Bonchev–Trinajstić information content (AvgIpc) is 2.75. The van der Waals surface area contributed by atoms with Gasteiger partial charge in [0.2, 0.25) is 5.88 Å². The van der Waals surface area contributed by atoms with Crippen LogP contribution in [0.15, 0.2) is 12.3 Å². The molecule has 0 bridgehead atoms. The number of carbonyl (C=O) groups excluding carboxylic acids is 1. The van der Waals surface area contributed by atoms with Crippen molar-refractivity contribution in [2.24, 2.45) is 5.41 Å². The molecule has 1 aromatic rings. The largest absolute Gasteiger partial charge is 0.464 e. The quantitative estimate of drug-likeness (QED) is 0.830. The Labute approximate surface area is 142 Å². The SMILES string of the molecule is CC1(C)CN(CCC#N)C(=O)[C@@H]1Oc1cc(C(F)(F)F)c(C#N)cn1. The summed E-state index contributed by atoms with van der Waals surface area (Å²) in [6, 6.07) is 4.00. The number of likely N-dealkylation sites (tertiary alicyclic amines) is 1. The molecule has 2 rings (SSSR count). The molecule has 1 amide bonds. The van der Waals surface area contributed by atoms with Gasteiger partial charge in [-0.05, 0) is 0 Å². The molecule has 1 atom stereocenters. The second-order valence-electron chi connectivity index (χ2n) is 6.33. The van der Waals surface area contributed by atoms with Gasteiger partial charge in [0.25, 0.3) is 5.91 Å². The van der Waals surface area contributed by atoms with Gasteiger partial charge in [-0.15, -0.1) is 0 Å². The number of hydrogen-bond donors (Lipinski definition) is 0. The minimum Gasteiger partial charge on any atom is -0.464 e. The van der Waals surface area contributed by atoms with Crippen molar-refractivity contribution in [1.82, 2.24) is 9.88 Å². The van der Waals surface area contributed by atoms with Crippen molar-refractivity contribution in [3.8, 4) is 18.0 Å². The van der Waals surface area contributed by atoms with E-state index >= 15 is 0 Å². The van der Waals surface area contributed by atoms with Crippen molar-refractivity contribution >= 4 is 5.91 Å². The van der Waals surface area contributed by atoms with E-state index in [1.54, 1.807) is 13.8 Å². The van der Waals surface area contributed by atoms with E-state index in [9.17, 15) is 18.0 Å². The number of halogens is 3. The molecule has 1 saturated heterocycles. The normalized spacial score (nSPS) is 19.4. The number of amides is 1. The summed E-state index contributed by atoms with van der Waals surface area (Å²) in [4.78, 5) is 17.6. The summed E-state index contributed by atoms with van der Waals surface area (Å²) < 4.78 is 44.5. The fourth-order valence-electron chi connectivity index (χ4n) is 2.68. The van der Waals surface area contributed by atoms with Crippen molar-refractivity contribution in [1.29, 1.82) is 10.5 Å². The topological polar surface area (TPSA) is 90.0 Å². The number of nitriles is 2. The van der Waals surface area contributed by atoms with E-state index in [0.717, 1.165) is 6.20 Å². The van der Waals surface area contributed by atoms with Crippen LogP contribution in [0.4, 0.5) is 13.2 Å². The minimum absolute atomic E-state index is 0.155. The predicted octanol–water partition coefficient (Wildman–Crippen LogP) is 2.50. The molecule has 2 heterocycles. The molecule has 0 saturated carbocycles. The van der Waals surface area contributed by atoms with E-state index in [1.807, 2.05) is 6.07 Å². The van der Waals surface area contributed by atoms with Crippen molar-refractivity contribution in [2.45, 2.75) is 32.5 Å². The molecule has 0 aromatic carbocycles. The molecular formula is C16H15F3N4O2. The minimum atomic E-state index is -4.74. The summed E-state index contributed by atoms with van der Waals surface area (Å²) in [5.74, 6) is -0.778. The smallest absolute Gasteiger partial charge is 0.417 e. The molecule has 9 heteroatoms. The lowest BCUT2D eigenvalue weighted by molar-refractivity contribution is -0.138. The highest BCUT2D eigenvalue weighted by Crippen LogP contribution is 2.36. The monoisotopic (exact) mass is 352 g/mol. The molecule has 25 heavy (non-hydrogen) atoms. The van der Waals surface area contributed by atoms with E-state index in [4.69, 9.17) is 15.3 Å². The van der Waals surface area contributed by atoms with Gasteiger partial charge in [0, 0.05) is 30.8 Å². The number of alkyl halides is 3. The molecule has 1 aliphatic rings. The first-order valence-electron chi connectivity index (χ1n) is 7.40. The summed E-state index contributed by atoms with van der Waals surface area (Å²) in [6.07, 6.45) is -4.83. The van der Waals surface area contributed by atoms with Crippen LogP contribution in [0.1, 0.15) is 31.4 Å². The summed E-state index contributed by atoms with van der Waals surface area (Å²) >= 11 is 0. The van der Waals surface area contributed by atoms with Crippen molar-refractivity contribution in [3.63, 3.8) is 0 Å². The fraction of sp³-hybridized carbons (Fsp3) is 0.500. The highest BCUT2D eigenvalue weighted by atomic mass is 19.4. The molecule has 0 radical (unpaired) electrons. The third-order valence-electron chi connectivity index (χ3n) is 3.88. The highest BCUT2D eigenvalue weighted by Gasteiger charge is 2.48. The fourth-order valence-corrected chi connectivity index (χ4v) is 2.68. The summed E-state index contributed by atoms with van der Waals surface area (Å²) in [6.45, 7) is 4.04. The van der Waals surface area contributed by atoms with Gasteiger partial charge < -0.3 is 9.64 Å². The van der Waals surface area contributed by atoms with Gasteiger partial charge in [-0.2, -0.15) is 23.7 Å². The Morgan fingerprint density at radius 3 is 2.68 bits per heavy atom. The van der Waals surface area contributed by atoms with Crippen LogP contribution in [0.3, 0.4) is 0 Å². The van der Waals surface area contributed by atoms with Crippen molar-refractivity contribution in [3.05, 3.63) is 23.4 Å². The maximum absolute atomic E-state index is 13.0. The van der Waals surface area contributed by atoms with Crippen LogP contribution < -0.4 is 4.74 Å². The van der Waals surface area contributed by atoms with E-state index in [-0.39, 0.29) is 18.8 Å². The van der Waals surface area contributed by atoms with Crippen LogP contribution in [0.5, 0.6) is 5.88 Å². The molecule has 1 fully saturated rings. The third-order valence-corrected chi connectivity index (χ3v) is 3.88. The molecule has 0 unspecified atom stereocenters.